The number of halogens is 2. The van der Waals surface area contributed by atoms with Gasteiger partial charge in [-0.05, 0) is 17.7 Å². The van der Waals surface area contributed by atoms with E-state index in [1.165, 1.54) is 17.0 Å². The summed E-state index contributed by atoms with van der Waals surface area (Å²) in [5.41, 5.74) is 0.911. The first kappa shape index (κ1) is 12.3. The van der Waals surface area contributed by atoms with Crippen LogP contribution in [0.1, 0.15) is 5.56 Å². The van der Waals surface area contributed by atoms with Gasteiger partial charge in [0, 0.05) is 5.88 Å². The number of hydrogen-bond acceptors (Lipinski definition) is 3. The van der Waals surface area contributed by atoms with Crippen molar-refractivity contribution in [3.63, 3.8) is 0 Å². The van der Waals surface area contributed by atoms with Crippen LogP contribution >= 0.6 is 11.6 Å². The summed E-state index contributed by atoms with van der Waals surface area (Å²) >= 11 is 5.57. The largest absolute Gasteiger partial charge is 0.343 e. The summed E-state index contributed by atoms with van der Waals surface area (Å²) in [6, 6.07) is 8.29. The minimum absolute atomic E-state index is 0.0231. The molecule has 0 atom stereocenters. The molecule has 0 saturated heterocycles. The first-order valence-corrected chi connectivity index (χ1v) is 5.09. The second-order valence-electron chi connectivity index (χ2n) is 3.09. The first-order valence-electron chi connectivity index (χ1n) is 4.56. The fraction of sp³-hybridized carbons (Fsp3) is 0.273. The molecule has 0 heterocycles. The third kappa shape index (κ3) is 2.85. The summed E-state index contributed by atoms with van der Waals surface area (Å²) in [6.45, 7) is -0.0462. The van der Waals surface area contributed by atoms with Crippen molar-refractivity contribution in [2.45, 2.75) is 5.88 Å². The van der Waals surface area contributed by atoms with Crippen molar-refractivity contribution in [1.82, 2.24) is 0 Å². The van der Waals surface area contributed by atoms with Gasteiger partial charge in [-0.25, -0.2) is 4.39 Å². The highest BCUT2D eigenvalue weighted by Gasteiger charge is 2.11. The zero-order valence-electron chi connectivity index (χ0n) is 8.45. The molecule has 0 bridgehead atoms. The molecule has 0 fully saturated rings. The van der Waals surface area contributed by atoms with Crippen LogP contribution in [0.15, 0.2) is 18.2 Å². The zero-order valence-corrected chi connectivity index (χ0v) is 9.21. The first-order chi connectivity index (χ1) is 7.72. The third-order valence-corrected chi connectivity index (χ3v) is 2.34. The van der Waals surface area contributed by atoms with Crippen LogP contribution in [0, 0.1) is 28.5 Å². The lowest BCUT2D eigenvalue weighted by Crippen LogP contribution is -2.24. The maximum absolute atomic E-state index is 13.6. The molecule has 16 heavy (non-hydrogen) atoms. The van der Waals surface area contributed by atoms with Crippen molar-refractivity contribution < 1.29 is 4.39 Å². The Hall–Kier alpha value is -1.78. The molecule has 0 aliphatic heterocycles. The SMILES string of the molecule is N#CCN(CC#N)c1ccc(CCl)cc1F. The number of alkyl halides is 1. The molecule has 0 aliphatic carbocycles. The summed E-state index contributed by atoms with van der Waals surface area (Å²) in [4.78, 5) is 1.37. The Kier molecular flexibility index (Phi) is 4.57. The van der Waals surface area contributed by atoms with Crippen molar-refractivity contribution >= 4 is 17.3 Å². The van der Waals surface area contributed by atoms with E-state index in [1.54, 1.807) is 6.07 Å². The van der Waals surface area contributed by atoms with E-state index in [-0.39, 0.29) is 24.7 Å². The summed E-state index contributed by atoms with van der Waals surface area (Å²) in [5, 5.41) is 17.1. The van der Waals surface area contributed by atoms with Crippen LogP contribution in [-0.2, 0) is 5.88 Å². The molecule has 5 heteroatoms. The lowest BCUT2D eigenvalue weighted by atomic mass is 10.2. The number of hydrogen-bond donors (Lipinski definition) is 0. The van der Waals surface area contributed by atoms with Crippen molar-refractivity contribution in [3.8, 4) is 12.1 Å². The average Bonchev–Trinajstić information content (AvgIpc) is 2.29. The lowest BCUT2D eigenvalue weighted by molar-refractivity contribution is 0.622. The van der Waals surface area contributed by atoms with Crippen LogP contribution in [0.2, 0.25) is 0 Å². The van der Waals surface area contributed by atoms with Crippen molar-refractivity contribution in [3.05, 3.63) is 29.6 Å². The third-order valence-electron chi connectivity index (χ3n) is 2.03. The molecule has 0 unspecified atom stereocenters. The minimum Gasteiger partial charge on any atom is -0.343 e. The molecule has 0 amide bonds. The molecule has 0 N–H and O–H groups in total. The van der Waals surface area contributed by atoms with Gasteiger partial charge in [-0.1, -0.05) is 6.07 Å². The van der Waals surface area contributed by atoms with Crippen LogP contribution in [0.3, 0.4) is 0 Å². The van der Waals surface area contributed by atoms with Gasteiger partial charge in [0.05, 0.1) is 17.8 Å². The summed E-state index contributed by atoms with van der Waals surface area (Å²) in [6.07, 6.45) is 0. The predicted molar refractivity (Wildman–Crippen MR) is 59.4 cm³/mol. The molecular formula is C11H9ClFN3. The maximum atomic E-state index is 13.6. The van der Waals surface area contributed by atoms with Crippen LogP contribution in [0.5, 0.6) is 0 Å². The quantitative estimate of drug-likeness (QED) is 0.597. The van der Waals surface area contributed by atoms with E-state index < -0.39 is 5.82 Å². The van der Waals surface area contributed by atoms with Gasteiger partial charge in [0.25, 0.3) is 0 Å². The van der Waals surface area contributed by atoms with Gasteiger partial charge >= 0.3 is 0 Å². The fourth-order valence-corrected chi connectivity index (χ4v) is 1.45. The Labute approximate surface area is 98.3 Å². The van der Waals surface area contributed by atoms with Gasteiger partial charge in [0.2, 0.25) is 0 Å². The predicted octanol–water partition coefficient (Wildman–Crippen LogP) is 2.42. The molecular weight excluding hydrogens is 229 g/mol. The fourth-order valence-electron chi connectivity index (χ4n) is 1.29. The molecule has 1 aromatic carbocycles. The van der Waals surface area contributed by atoms with Crippen LogP contribution in [0.4, 0.5) is 10.1 Å². The van der Waals surface area contributed by atoms with E-state index in [0.29, 0.717) is 5.56 Å². The molecule has 1 rings (SSSR count). The minimum atomic E-state index is -0.469. The number of benzene rings is 1. The average molecular weight is 238 g/mol. The summed E-state index contributed by atoms with van der Waals surface area (Å²) in [7, 11) is 0. The molecule has 0 saturated carbocycles. The topological polar surface area (TPSA) is 50.8 Å². The summed E-state index contributed by atoms with van der Waals surface area (Å²) in [5.74, 6) is -0.239. The van der Waals surface area contributed by atoms with Gasteiger partial charge < -0.3 is 4.90 Å². The Morgan fingerprint density at radius 2 is 1.88 bits per heavy atom. The van der Waals surface area contributed by atoms with Gasteiger partial charge in [0.15, 0.2) is 0 Å². The van der Waals surface area contributed by atoms with E-state index in [2.05, 4.69) is 0 Å². The number of nitriles is 2. The second kappa shape index (κ2) is 5.95. The van der Waals surface area contributed by atoms with E-state index in [9.17, 15) is 4.39 Å². The molecule has 0 aliphatic rings. The maximum Gasteiger partial charge on any atom is 0.146 e. The Balaban J connectivity index is 3.02. The highest BCUT2D eigenvalue weighted by molar-refractivity contribution is 6.17. The molecule has 82 valence electrons. The monoisotopic (exact) mass is 237 g/mol. The number of nitrogens with zero attached hydrogens (tertiary/aromatic N) is 3. The van der Waals surface area contributed by atoms with Crippen LogP contribution < -0.4 is 4.90 Å². The van der Waals surface area contributed by atoms with E-state index in [0.717, 1.165) is 0 Å². The molecule has 1 aromatic rings. The van der Waals surface area contributed by atoms with Crippen LogP contribution in [-0.4, -0.2) is 13.1 Å². The highest BCUT2D eigenvalue weighted by atomic mass is 35.5. The van der Waals surface area contributed by atoms with E-state index >= 15 is 0 Å². The molecule has 3 nitrogen and oxygen atoms in total. The normalized spacial score (nSPS) is 9.25. The second-order valence-corrected chi connectivity index (χ2v) is 3.36. The van der Waals surface area contributed by atoms with Crippen LogP contribution in [0.25, 0.3) is 0 Å². The smallest absolute Gasteiger partial charge is 0.146 e. The molecule has 0 radical (unpaired) electrons. The zero-order chi connectivity index (χ0) is 12.0. The molecule has 0 spiro atoms. The van der Waals surface area contributed by atoms with Gasteiger partial charge in [-0.3, -0.25) is 0 Å². The standard InChI is InChI=1S/C11H9ClFN3/c12-8-9-1-2-11(10(13)7-9)16(5-3-14)6-4-15/h1-2,7H,5-6,8H2. The number of anilines is 1. The molecule has 0 aromatic heterocycles. The Bertz CT molecular complexity index is 432. The van der Waals surface area contributed by atoms with Gasteiger partial charge in [-0.2, -0.15) is 10.5 Å². The van der Waals surface area contributed by atoms with E-state index in [4.69, 9.17) is 22.1 Å². The van der Waals surface area contributed by atoms with Crippen molar-refractivity contribution in [2.24, 2.45) is 0 Å². The number of rotatable bonds is 4. The highest BCUT2D eigenvalue weighted by Crippen LogP contribution is 2.20. The Morgan fingerprint density at radius 1 is 1.25 bits per heavy atom. The summed E-state index contributed by atoms with van der Waals surface area (Å²) < 4.78 is 13.6. The van der Waals surface area contributed by atoms with Gasteiger partial charge in [-0.15, -0.1) is 11.6 Å². The lowest BCUT2D eigenvalue weighted by Gasteiger charge is -2.18. The Morgan fingerprint density at radius 3 is 2.31 bits per heavy atom. The van der Waals surface area contributed by atoms with E-state index in [1.807, 2.05) is 12.1 Å². The van der Waals surface area contributed by atoms with Crippen molar-refractivity contribution in [1.29, 1.82) is 10.5 Å². The van der Waals surface area contributed by atoms with Gasteiger partial charge in [0.1, 0.15) is 18.9 Å². The van der Waals surface area contributed by atoms with Crippen molar-refractivity contribution in [2.75, 3.05) is 18.0 Å².